The Morgan fingerprint density at radius 1 is 1.32 bits per heavy atom. The average molecular weight is 284 g/mol. The number of aliphatic carboxylic acids is 1. The summed E-state index contributed by atoms with van der Waals surface area (Å²) in [6.45, 7) is 0. The maximum absolute atomic E-state index is 11.7. The van der Waals surface area contributed by atoms with Gasteiger partial charge in [-0.3, -0.25) is 4.79 Å². The number of carbonyl (C=O) groups excluding carboxylic acids is 1. The minimum absolute atomic E-state index is 0.00694. The maximum atomic E-state index is 11.7. The number of nitrogens with two attached hydrogens (primary N) is 1. The van der Waals surface area contributed by atoms with Crippen LogP contribution in [0.2, 0.25) is 0 Å². The third-order valence-corrected chi connectivity index (χ3v) is 2.89. The summed E-state index contributed by atoms with van der Waals surface area (Å²) < 4.78 is 0. The van der Waals surface area contributed by atoms with E-state index in [1.165, 1.54) is 12.1 Å². The van der Waals surface area contributed by atoms with Crippen molar-refractivity contribution in [1.82, 2.24) is 5.32 Å². The van der Waals surface area contributed by atoms with Crippen LogP contribution in [0.25, 0.3) is 0 Å². The van der Waals surface area contributed by atoms with Gasteiger partial charge in [-0.2, -0.15) is 12.6 Å². The summed E-state index contributed by atoms with van der Waals surface area (Å²) in [4.78, 5) is 22.5. The lowest BCUT2D eigenvalue weighted by Crippen LogP contribution is -2.50. The summed E-state index contributed by atoms with van der Waals surface area (Å²) in [5, 5.41) is 20.2. The number of nitrogens with one attached hydrogen (secondary N) is 1. The van der Waals surface area contributed by atoms with E-state index in [2.05, 4.69) is 17.9 Å². The van der Waals surface area contributed by atoms with Gasteiger partial charge in [0.1, 0.15) is 11.8 Å². The molecule has 0 fully saturated rings. The van der Waals surface area contributed by atoms with Crippen LogP contribution in [0.4, 0.5) is 0 Å². The number of benzene rings is 1. The van der Waals surface area contributed by atoms with Crippen molar-refractivity contribution in [3.8, 4) is 5.75 Å². The molecular formula is C12H16N2O4S. The second-order valence-corrected chi connectivity index (χ2v) is 4.42. The highest BCUT2D eigenvalue weighted by molar-refractivity contribution is 7.80. The number of hydrogen-bond donors (Lipinski definition) is 5. The fraction of sp³-hybridized carbons (Fsp3) is 0.333. The molecular weight excluding hydrogens is 268 g/mol. The predicted molar refractivity (Wildman–Crippen MR) is 73.2 cm³/mol. The smallest absolute Gasteiger partial charge is 0.327 e. The van der Waals surface area contributed by atoms with Crippen LogP contribution in [0, 0.1) is 0 Å². The van der Waals surface area contributed by atoms with Gasteiger partial charge >= 0.3 is 5.97 Å². The maximum Gasteiger partial charge on any atom is 0.327 e. The van der Waals surface area contributed by atoms with Crippen molar-refractivity contribution in [1.29, 1.82) is 0 Å². The molecule has 0 aromatic heterocycles. The van der Waals surface area contributed by atoms with Gasteiger partial charge in [0.2, 0.25) is 5.91 Å². The van der Waals surface area contributed by atoms with Crippen molar-refractivity contribution in [3.05, 3.63) is 29.8 Å². The van der Waals surface area contributed by atoms with Gasteiger partial charge in [0.15, 0.2) is 0 Å². The Morgan fingerprint density at radius 3 is 2.37 bits per heavy atom. The second kappa shape index (κ2) is 7.01. The summed E-state index contributed by atoms with van der Waals surface area (Å²) in [6.07, 6.45) is 0.255. The number of thiol groups is 1. The molecule has 0 heterocycles. The molecule has 0 aliphatic heterocycles. The molecule has 0 aliphatic carbocycles. The average Bonchev–Trinajstić information content (AvgIpc) is 2.37. The van der Waals surface area contributed by atoms with Crippen LogP contribution in [0.5, 0.6) is 5.75 Å². The number of phenolic OH excluding ortho intramolecular Hbond substituents is 1. The van der Waals surface area contributed by atoms with Gasteiger partial charge in [0, 0.05) is 5.75 Å². The number of amides is 1. The number of aromatic hydroxyl groups is 1. The first-order valence-electron chi connectivity index (χ1n) is 5.61. The van der Waals surface area contributed by atoms with Crippen LogP contribution >= 0.6 is 12.6 Å². The minimum atomic E-state index is -1.15. The van der Waals surface area contributed by atoms with E-state index in [-0.39, 0.29) is 17.9 Å². The van der Waals surface area contributed by atoms with Crippen LogP contribution in [0.3, 0.4) is 0 Å². The van der Waals surface area contributed by atoms with Crippen LogP contribution in [-0.2, 0) is 16.0 Å². The molecule has 0 aliphatic rings. The van der Waals surface area contributed by atoms with Crippen LogP contribution < -0.4 is 11.1 Å². The zero-order chi connectivity index (χ0) is 14.4. The summed E-state index contributed by atoms with van der Waals surface area (Å²) in [5.74, 6) is -1.58. The van der Waals surface area contributed by atoms with Crippen molar-refractivity contribution in [2.75, 3.05) is 5.75 Å². The summed E-state index contributed by atoms with van der Waals surface area (Å²) in [5.41, 5.74) is 6.47. The highest BCUT2D eigenvalue weighted by Gasteiger charge is 2.22. The molecule has 19 heavy (non-hydrogen) atoms. The van der Waals surface area contributed by atoms with Gasteiger partial charge in [0.25, 0.3) is 0 Å². The zero-order valence-electron chi connectivity index (χ0n) is 10.1. The normalized spacial score (nSPS) is 13.6. The fourth-order valence-corrected chi connectivity index (χ4v) is 1.69. The van der Waals surface area contributed by atoms with Gasteiger partial charge in [-0.15, -0.1) is 0 Å². The Kier molecular flexibility index (Phi) is 5.65. The van der Waals surface area contributed by atoms with Crippen molar-refractivity contribution >= 4 is 24.5 Å². The SMILES string of the molecule is NC(Cc1ccc(O)cc1)C(=O)NC(CS)C(=O)O. The highest BCUT2D eigenvalue weighted by Crippen LogP contribution is 2.10. The van der Waals surface area contributed by atoms with E-state index in [1.807, 2.05) is 0 Å². The van der Waals surface area contributed by atoms with Crippen LogP contribution in [0.15, 0.2) is 24.3 Å². The number of phenols is 1. The van der Waals surface area contributed by atoms with Crippen LogP contribution in [-0.4, -0.2) is 39.9 Å². The van der Waals surface area contributed by atoms with Crippen molar-refractivity contribution in [3.63, 3.8) is 0 Å². The molecule has 2 unspecified atom stereocenters. The minimum Gasteiger partial charge on any atom is -0.508 e. The first-order valence-corrected chi connectivity index (χ1v) is 6.24. The molecule has 0 saturated carbocycles. The lowest BCUT2D eigenvalue weighted by atomic mass is 10.1. The van der Waals surface area contributed by atoms with E-state index < -0.39 is 24.0 Å². The van der Waals surface area contributed by atoms with E-state index in [1.54, 1.807) is 12.1 Å². The molecule has 1 rings (SSSR count). The molecule has 7 heteroatoms. The Labute approximate surface area is 116 Å². The molecule has 0 saturated heterocycles. The number of carboxylic acids is 1. The lowest BCUT2D eigenvalue weighted by molar-refractivity contribution is -0.141. The molecule has 2 atom stereocenters. The van der Waals surface area contributed by atoms with Gasteiger partial charge in [-0.1, -0.05) is 12.1 Å². The highest BCUT2D eigenvalue weighted by atomic mass is 32.1. The molecule has 1 aromatic rings. The van der Waals surface area contributed by atoms with Gasteiger partial charge in [-0.05, 0) is 24.1 Å². The molecule has 104 valence electrons. The van der Waals surface area contributed by atoms with E-state index in [9.17, 15) is 9.59 Å². The monoisotopic (exact) mass is 284 g/mol. The Balaban J connectivity index is 2.57. The standard InChI is InChI=1S/C12H16N2O4S/c13-9(5-7-1-3-8(15)4-2-7)11(16)14-10(6-19)12(17)18/h1-4,9-10,15,19H,5-6,13H2,(H,14,16)(H,17,18). The van der Waals surface area contributed by atoms with E-state index in [4.69, 9.17) is 15.9 Å². The van der Waals surface area contributed by atoms with E-state index in [0.29, 0.717) is 0 Å². The first-order chi connectivity index (χ1) is 8.93. The second-order valence-electron chi connectivity index (χ2n) is 4.06. The predicted octanol–water partition coefficient (Wildman–Crippen LogP) is -0.239. The summed E-state index contributed by atoms with van der Waals surface area (Å²) in [6, 6.07) is 4.38. The fourth-order valence-electron chi connectivity index (χ4n) is 1.44. The van der Waals surface area contributed by atoms with Crippen molar-refractivity contribution in [2.45, 2.75) is 18.5 Å². The molecule has 0 radical (unpaired) electrons. The number of carboxylic acid groups (broad SMARTS) is 1. The van der Waals surface area contributed by atoms with Gasteiger partial charge in [-0.25, -0.2) is 4.79 Å². The Bertz CT molecular complexity index is 450. The topological polar surface area (TPSA) is 113 Å². The number of hydrogen-bond acceptors (Lipinski definition) is 5. The summed E-state index contributed by atoms with van der Waals surface area (Å²) >= 11 is 3.84. The first kappa shape index (κ1) is 15.3. The molecule has 0 bridgehead atoms. The van der Waals surface area contributed by atoms with Gasteiger partial charge < -0.3 is 21.3 Å². The van der Waals surface area contributed by atoms with E-state index in [0.717, 1.165) is 5.56 Å². The molecule has 1 amide bonds. The molecule has 1 aromatic carbocycles. The number of rotatable bonds is 6. The third kappa shape index (κ3) is 4.80. The molecule has 5 N–H and O–H groups in total. The number of carbonyl (C=O) groups is 2. The molecule has 0 spiro atoms. The van der Waals surface area contributed by atoms with E-state index >= 15 is 0 Å². The largest absolute Gasteiger partial charge is 0.508 e. The third-order valence-electron chi connectivity index (χ3n) is 2.53. The van der Waals surface area contributed by atoms with Crippen LogP contribution in [0.1, 0.15) is 5.56 Å². The Hall–Kier alpha value is -1.73. The lowest BCUT2D eigenvalue weighted by Gasteiger charge is -2.16. The summed E-state index contributed by atoms with van der Waals surface area (Å²) in [7, 11) is 0. The quantitative estimate of drug-likeness (QED) is 0.463. The zero-order valence-corrected chi connectivity index (χ0v) is 11.0. The van der Waals surface area contributed by atoms with Crippen molar-refractivity contribution < 1.29 is 19.8 Å². The van der Waals surface area contributed by atoms with Crippen molar-refractivity contribution in [2.24, 2.45) is 5.73 Å². The Morgan fingerprint density at radius 2 is 1.89 bits per heavy atom. The van der Waals surface area contributed by atoms with Gasteiger partial charge in [0.05, 0.1) is 6.04 Å². The molecule has 6 nitrogen and oxygen atoms in total.